The molecule has 0 N–H and O–H groups in total. The molecule has 7 nitrogen and oxygen atoms in total. The van der Waals surface area contributed by atoms with Crippen LogP contribution in [-0.4, -0.2) is 63.6 Å². The second kappa shape index (κ2) is 8.05. The first kappa shape index (κ1) is 19.5. The molecule has 0 unspecified atom stereocenters. The highest BCUT2D eigenvalue weighted by Crippen LogP contribution is 2.33. The lowest BCUT2D eigenvalue weighted by Crippen LogP contribution is -2.44. The Morgan fingerprint density at radius 1 is 1.20 bits per heavy atom. The number of fused-ring (bicyclic) bond motifs is 1. The van der Waals surface area contributed by atoms with Gasteiger partial charge in [-0.3, -0.25) is 4.79 Å². The van der Waals surface area contributed by atoms with Crippen molar-refractivity contribution in [1.82, 2.24) is 9.21 Å². The Morgan fingerprint density at radius 3 is 2.32 bits per heavy atom. The van der Waals surface area contributed by atoms with E-state index in [1.807, 2.05) is 19.1 Å². The predicted molar refractivity (Wildman–Crippen MR) is 95.4 cm³/mol. The maximum absolute atomic E-state index is 12.6. The van der Waals surface area contributed by atoms with Crippen LogP contribution in [0.25, 0.3) is 0 Å². The predicted octanol–water partition coefficient (Wildman–Crippen LogP) is 1.26. The molecule has 0 aliphatic carbocycles. The minimum Gasteiger partial charge on any atom is -0.493 e. The lowest BCUT2D eigenvalue weighted by atomic mass is 9.98. The molecule has 0 saturated heterocycles. The zero-order valence-electron chi connectivity index (χ0n) is 15.2. The molecule has 0 saturated carbocycles. The average Bonchev–Trinajstić information content (AvgIpc) is 2.58. The van der Waals surface area contributed by atoms with Crippen LogP contribution < -0.4 is 9.47 Å². The number of carbonyl (C=O) groups excluding carboxylic acids is 1. The number of amides is 1. The fourth-order valence-corrected chi connectivity index (χ4v) is 3.82. The molecule has 0 atom stereocenters. The van der Waals surface area contributed by atoms with Crippen LogP contribution in [-0.2, 0) is 27.8 Å². The van der Waals surface area contributed by atoms with Crippen LogP contribution in [0.3, 0.4) is 0 Å². The monoisotopic (exact) mass is 370 g/mol. The van der Waals surface area contributed by atoms with E-state index in [0.29, 0.717) is 44.0 Å². The Morgan fingerprint density at radius 2 is 1.80 bits per heavy atom. The van der Waals surface area contributed by atoms with E-state index in [-0.39, 0.29) is 12.5 Å². The molecule has 1 aromatic rings. The van der Waals surface area contributed by atoms with Gasteiger partial charge in [0.15, 0.2) is 11.5 Å². The number of nitrogens with zero attached hydrogens (tertiary/aromatic N) is 2. The van der Waals surface area contributed by atoms with Gasteiger partial charge in [-0.05, 0) is 36.1 Å². The standard InChI is InChI=1S/C17H26N2O5S/c1-5-7-19(25(4,21)22)12-17(20)18-8-6-13-9-15(23-2)16(24-3)10-14(13)11-18/h9-10H,5-8,11-12H2,1-4H3. The third-order valence-corrected chi connectivity index (χ3v) is 5.57. The zero-order valence-corrected chi connectivity index (χ0v) is 16.1. The highest BCUT2D eigenvalue weighted by atomic mass is 32.2. The van der Waals surface area contributed by atoms with Gasteiger partial charge in [-0.1, -0.05) is 6.92 Å². The van der Waals surface area contributed by atoms with Crippen molar-refractivity contribution in [2.24, 2.45) is 0 Å². The summed E-state index contributed by atoms with van der Waals surface area (Å²) in [4.78, 5) is 14.3. The van der Waals surface area contributed by atoms with E-state index in [2.05, 4.69) is 0 Å². The highest BCUT2D eigenvalue weighted by molar-refractivity contribution is 7.88. The summed E-state index contributed by atoms with van der Waals surface area (Å²) in [7, 11) is -0.224. The van der Waals surface area contributed by atoms with Gasteiger partial charge in [0.2, 0.25) is 15.9 Å². The van der Waals surface area contributed by atoms with Crippen molar-refractivity contribution in [2.45, 2.75) is 26.3 Å². The van der Waals surface area contributed by atoms with E-state index in [1.165, 1.54) is 4.31 Å². The van der Waals surface area contributed by atoms with Gasteiger partial charge in [0.25, 0.3) is 0 Å². The first-order valence-corrected chi connectivity index (χ1v) is 10.1. The fourth-order valence-electron chi connectivity index (χ4n) is 2.96. The summed E-state index contributed by atoms with van der Waals surface area (Å²) in [6.07, 6.45) is 2.51. The summed E-state index contributed by atoms with van der Waals surface area (Å²) in [6.45, 7) is 3.12. The highest BCUT2D eigenvalue weighted by Gasteiger charge is 2.26. The van der Waals surface area contributed by atoms with Gasteiger partial charge in [-0.25, -0.2) is 8.42 Å². The first-order valence-electron chi connectivity index (χ1n) is 8.26. The van der Waals surface area contributed by atoms with Crippen molar-refractivity contribution in [2.75, 3.05) is 40.1 Å². The molecule has 0 aromatic heterocycles. The van der Waals surface area contributed by atoms with E-state index < -0.39 is 10.0 Å². The molecule has 1 aliphatic rings. The number of sulfonamides is 1. The molecular weight excluding hydrogens is 344 g/mol. The molecule has 140 valence electrons. The SMILES string of the molecule is CCCN(CC(=O)N1CCc2cc(OC)c(OC)cc2C1)S(C)(=O)=O. The molecule has 0 radical (unpaired) electrons. The van der Waals surface area contributed by atoms with Gasteiger partial charge in [0, 0.05) is 19.6 Å². The molecule has 1 aromatic carbocycles. The maximum atomic E-state index is 12.6. The topological polar surface area (TPSA) is 76.2 Å². The number of methoxy groups -OCH3 is 2. The number of hydrogen-bond acceptors (Lipinski definition) is 5. The third kappa shape index (κ3) is 4.64. The number of hydrogen-bond donors (Lipinski definition) is 0. The molecule has 8 heteroatoms. The lowest BCUT2D eigenvalue weighted by molar-refractivity contribution is -0.132. The van der Waals surface area contributed by atoms with E-state index in [1.54, 1.807) is 19.1 Å². The fraction of sp³-hybridized carbons (Fsp3) is 0.588. The third-order valence-electron chi connectivity index (χ3n) is 4.32. The van der Waals surface area contributed by atoms with Crippen LogP contribution in [0.1, 0.15) is 24.5 Å². The molecule has 0 spiro atoms. The molecule has 1 heterocycles. The number of rotatable bonds is 7. The maximum Gasteiger partial charge on any atom is 0.238 e. The zero-order chi connectivity index (χ0) is 18.6. The van der Waals surface area contributed by atoms with E-state index >= 15 is 0 Å². The van der Waals surface area contributed by atoms with Gasteiger partial charge < -0.3 is 14.4 Å². The summed E-state index contributed by atoms with van der Waals surface area (Å²) in [5.74, 6) is 1.12. The van der Waals surface area contributed by atoms with Gasteiger partial charge >= 0.3 is 0 Å². The normalized spacial score (nSPS) is 14.4. The Hall–Kier alpha value is -1.80. The summed E-state index contributed by atoms with van der Waals surface area (Å²) < 4.78 is 35.5. The first-order chi connectivity index (χ1) is 11.8. The van der Waals surface area contributed by atoms with Crippen LogP contribution >= 0.6 is 0 Å². The Labute approximate surface area is 149 Å². The molecule has 1 aliphatic heterocycles. The van der Waals surface area contributed by atoms with Gasteiger partial charge in [-0.15, -0.1) is 0 Å². The van der Waals surface area contributed by atoms with Gasteiger partial charge in [0.05, 0.1) is 27.0 Å². The molecule has 25 heavy (non-hydrogen) atoms. The summed E-state index contributed by atoms with van der Waals surface area (Å²) >= 11 is 0. The summed E-state index contributed by atoms with van der Waals surface area (Å²) in [6, 6.07) is 3.82. The van der Waals surface area contributed by atoms with Crippen LogP contribution in [0.15, 0.2) is 12.1 Å². The van der Waals surface area contributed by atoms with Crippen molar-refractivity contribution < 1.29 is 22.7 Å². The number of carbonyl (C=O) groups is 1. The second-order valence-corrected chi connectivity index (χ2v) is 8.12. The minimum absolute atomic E-state index is 0.116. The number of benzene rings is 1. The molecular formula is C17H26N2O5S. The van der Waals surface area contributed by atoms with Crippen molar-refractivity contribution in [3.05, 3.63) is 23.3 Å². The van der Waals surface area contributed by atoms with E-state index in [0.717, 1.165) is 17.4 Å². The summed E-state index contributed by atoms with van der Waals surface area (Å²) in [5.41, 5.74) is 2.12. The van der Waals surface area contributed by atoms with Gasteiger partial charge in [-0.2, -0.15) is 4.31 Å². The van der Waals surface area contributed by atoms with Crippen LogP contribution in [0.5, 0.6) is 11.5 Å². The minimum atomic E-state index is -3.39. The van der Waals surface area contributed by atoms with Crippen LogP contribution in [0, 0.1) is 0 Å². The molecule has 0 bridgehead atoms. The van der Waals surface area contributed by atoms with E-state index in [4.69, 9.17) is 9.47 Å². The molecule has 2 rings (SSSR count). The van der Waals surface area contributed by atoms with Crippen molar-refractivity contribution in [3.63, 3.8) is 0 Å². The largest absolute Gasteiger partial charge is 0.493 e. The summed E-state index contributed by atoms with van der Waals surface area (Å²) in [5, 5.41) is 0. The Bertz CT molecular complexity index is 733. The van der Waals surface area contributed by atoms with Gasteiger partial charge in [0.1, 0.15) is 0 Å². The Kier molecular flexibility index (Phi) is 6.29. The molecule has 0 fully saturated rings. The van der Waals surface area contributed by atoms with Crippen molar-refractivity contribution in [1.29, 1.82) is 0 Å². The lowest BCUT2D eigenvalue weighted by Gasteiger charge is -2.31. The van der Waals surface area contributed by atoms with Crippen LogP contribution in [0.4, 0.5) is 0 Å². The second-order valence-electron chi connectivity index (χ2n) is 6.14. The molecule has 1 amide bonds. The van der Waals surface area contributed by atoms with Crippen molar-refractivity contribution >= 4 is 15.9 Å². The smallest absolute Gasteiger partial charge is 0.238 e. The van der Waals surface area contributed by atoms with E-state index in [9.17, 15) is 13.2 Å². The average molecular weight is 370 g/mol. The number of ether oxygens (including phenoxy) is 2. The van der Waals surface area contributed by atoms with Crippen LogP contribution in [0.2, 0.25) is 0 Å². The quantitative estimate of drug-likeness (QED) is 0.722. The van der Waals surface area contributed by atoms with Crippen molar-refractivity contribution in [3.8, 4) is 11.5 Å². The Balaban J connectivity index is 2.15.